The van der Waals surface area contributed by atoms with E-state index in [1.54, 1.807) is 18.2 Å². The maximum atomic E-state index is 13.9. The van der Waals surface area contributed by atoms with Gasteiger partial charge in [-0.2, -0.15) is 0 Å². The molecule has 0 radical (unpaired) electrons. The van der Waals surface area contributed by atoms with Gasteiger partial charge in [-0.25, -0.2) is 8.78 Å². The summed E-state index contributed by atoms with van der Waals surface area (Å²) in [4.78, 5) is -0.296. The molecule has 0 spiro atoms. The number of benzene rings is 2. The van der Waals surface area contributed by atoms with Gasteiger partial charge in [0.1, 0.15) is 11.6 Å². The Hall–Kier alpha value is -0.740. The van der Waals surface area contributed by atoms with E-state index in [9.17, 15) is 8.78 Å². The van der Waals surface area contributed by atoms with Crippen molar-refractivity contribution in [3.05, 3.63) is 69.2 Å². The third-order valence-electron chi connectivity index (χ3n) is 2.67. The normalized spacial score (nSPS) is 12.5. The summed E-state index contributed by atoms with van der Waals surface area (Å²) in [6.07, 6.45) is 0. The Morgan fingerprint density at radius 1 is 1.00 bits per heavy atom. The number of halogens is 4. The Bertz CT molecular complexity index is 582. The van der Waals surface area contributed by atoms with Crippen molar-refractivity contribution in [1.29, 1.82) is 0 Å². The third-order valence-corrected chi connectivity index (χ3v) is 4.29. The summed E-state index contributed by atoms with van der Waals surface area (Å²) < 4.78 is 27.4. The van der Waals surface area contributed by atoms with E-state index in [1.165, 1.54) is 12.1 Å². The van der Waals surface area contributed by atoms with Crippen LogP contribution in [-0.4, -0.2) is 0 Å². The van der Waals surface area contributed by atoms with Crippen molar-refractivity contribution in [3.63, 3.8) is 0 Å². The molecule has 94 valence electrons. The summed E-state index contributed by atoms with van der Waals surface area (Å²) in [5.41, 5.74) is 2.21. The van der Waals surface area contributed by atoms with Gasteiger partial charge >= 0.3 is 0 Å². The van der Waals surface area contributed by atoms with Gasteiger partial charge in [0.2, 0.25) is 0 Å². The Balaban J connectivity index is 2.41. The first-order chi connectivity index (χ1) is 8.49. The molecule has 1 atom stereocenters. The molecule has 0 N–H and O–H groups in total. The fraction of sp³-hybridized carbons (Fsp3) is 0.143. The zero-order valence-corrected chi connectivity index (χ0v) is 12.7. The standard InChI is InChI=1S/C14H10Br2F2/c1-8-2-4-10(13(18)6-8)14(16)9-3-5-12(17)11(15)7-9/h2-7,14H,1H3. The highest BCUT2D eigenvalue weighted by atomic mass is 79.9. The van der Waals surface area contributed by atoms with Crippen molar-refractivity contribution in [2.45, 2.75) is 11.8 Å². The SMILES string of the molecule is Cc1ccc(C(Br)c2ccc(F)c(Br)c2)c(F)c1. The molecule has 0 aliphatic heterocycles. The summed E-state index contributed by atoms with van der Waals surface area (Å²) in [6.45, 7) is 1.84. The van der Waals surface area contributed by atoms with Crippen molar-refractivity contribution in [2.75, 3.05) is 0 Å². The van der Waals surface area contributed by atoms with Crippen LogP contribution in [0.15, 0.2) is 40.9 Å². The Morgan fingerprint density at radius 2 is 1.72 bits per heavy atom. The van der Waals surface area contributed by atoms with E-state index in [-0.39, 0.29) is 16.5 Å². The van der Waals surface area contributed by atoms with Crippen LogP contribution in [-0.2, 0) is 0 Å². The minimum atomic E-state index is -0.331. The van der Waals surface area contributed by atoms with Crippen molar-refractivity contribution in [3.8, 4) is 0 Å². The monoisotopic (exact) mass is 374 g/mol. The van der Waals surface area contributed by atoms with Crippen LogP contribution in [0.3, 0.4) is 0 Å². The van der Waals surface area contributed by atoms with Gasteiger partial charge in [0, 0.05) is 5.56 Å². The molecule has 4 heteroatoms. The fourth-order valence-corrected chi connectivity index (χ4v) is 2.74. The van der Waals surface area contributed by atoms with Crippen LogP contribution in [0.2, 0.25) is 0 Å². The first-order valence-corrected chi connectivity index (χ1v) is 7.05. The van der Waals surface area contributed by atoms with Gasteiger partial charge in [-0.05, 0) is 52.2 Å². The molecule has 0 heterocycles. The zero-order valence-electron chi connectivity index (χ0n) is 9.55. The van der Waals surface area contributed by atoms with Crippen molar-refractivity contribution in [1.82, 2.24) is 0 Å². The topological polar surface area (TPSA) is 0 Å². The highest BCUT2D eigenvalue weighted by molar-refractivity contribution is 9.10. The quantitative estimate of drug-likeness (QED) is 0.606. The second-order valence-electron chi connectivity index (χ2n) is 4.06. The average molecular weight is 376 g/mol. The number of rotatable bonds is 2. The minimum absolute atomic E-state index is 0.266. The number of aryl methyl sites for hydroxylation is 1. The molecule has 0 fully saturated rings. The fourth-order valence-electron chi connectivity index (χ4n) is 1.69. The Morgan fingerprint density at radius 3 is 2.33 bits per heavy atom. The van der Waals surface area contributed by atoms with Crippen molar-refractivity contribution >= 4 is 31.9 Å². The van der Waals surface area contributed by atoms with Crippen LogP contribution in [0, 0.1) is 18.6 Å². The van der Waals surface area contributed by atoms with Gasteiger partial charge in [0.15, 0.2) is 0 Å². The van der Waals surface area contributed by atoms with Crippen LogP contribution in [0.1, 0.15) is 21.5 Å². The van der Waals surface area contributed by atoms with Crippen LogP contribution < -0.4 is 0 Å². The number of alkyl halides is 1. The van der Waals surface area contributed by atoms with E-state index in [2.05, 4.69) is 31.9 Å². The molecule has 0 aliphatic carbocycles. The predicted molar refractivity (Wildman–Crippen MR) is 76.0 cm³/mol. The summed E-state index contributed by atoms with van der Waals surface area (Å²) in [6, 6.07) is 9.72. The average Bonchev–Trinajstić information content (AvgIpc) is 2.32. The maximum Gasteiger partial charge on any atom is 0.137 e. The largest absolute Gasteiger partial charge is 0.207 e. The van der Waals surface area contributed by atoms with Crippen LogP contribution in [0.25, 0.3) is 0 Å². The molecular weight excluding hydrogens is 366 g/mol. The van der Waals surface area contributed by atoms with Crippen LogP contribution in [0.5, 0.6) is 0 Å². The lowest BCUT2D eigenvalue weighted by Crippen LogP contribution is -1.97. The summed E-state index contributed by atoms with van der Waals surface area (Å²) in [5.74, 6) is -0.597. The first kappa shape index (κ1) is 13.7. The number of hydrogen-bond acceptors (Lipinski definition) is 0. The van der Waals surface area contributed by atoms with Gasteiger partial charge in [-0.15, -0.1) is 0 Å². The molecule has 0 amide bonds. The summed E-state index contributed by atoms with van der Waals surface area (Å²) in [5, 5.41) is 0. The van der Waals surface area contributed by atoms with E-state index in [0.717, 1.165) is 11.1 Å². The molecule has 2 aromatic rings. The van der Waals surface area contributed by atoms with Crippen LogP contribution >= 0.6 is 31.9 Å². The third kappa shape index (κ3) is 2.81. The number of hydrogen-bond donors (Lipinski definition) is 0. The molecule has 0 aromatic heterocycles. The van der Waals surface area contributed by atoms with E-state index in [4.69, 9.17) is 0 Å². The Labute approximate surface area is 121 Å². The van der Waals surface area contributed by atoms with Gasteiger partial charge < -0.3 is 0 Å². The molecule has 18 heavy (non-hydrogen) atoms. The maximum absolute atomic E-state index is 13.9. The van der Waals surface area contributed by atoms with E-state index in [0.29, 0.717) is 10.0 Å². The van der Waals surface area contributed by atoms with E-state index in [1.807, 2.05) is 13.0 Å². The Kier molecular flexibility index (Phi) is 4.17. The van der Waals surface area contributed by atoms with Gasteiger partial charge in [0.25, 0.3) is 0 Å². The minimum Gasteiger partial charge on any atom is -0.207 e. The first-order valence-electron chi connectivity index (χ1n) is 5.34. The molecule has 0 saturated heterocycles. The molecule has 2 aromatic carbocycles. The summed E-state index contributed by atoms with van der Waals surface area (Å²) >= 11 is 6.57. The summed E-state index contributed by atoms with van der Waals surface area (Å²) in [7, 11) is 0. The molecule has 0 bridgehead atoms. The molecule has 0 nitrogen and oxygen atoms in total. The second kappa shape index (κ2) is 5.49. The lowest BCUT2D eigenvalue weighted by Gasteiger charge is -2.13. The van der Waals surface area contributed by atoms with Gasteiger partial charge in [0.05, 0.1) is 9.30 Å². The van der Waals surface area contributed by atoms with E-state index < -0.39 is 0 Å². The zero-order chi connectivity index (χ0) is 13.3. The smallest absolute Gasteiger partial charge is 0.137 e. The predicted octanol–water partition coefficient (Wildman–Crippen LogP) is 5.52. The molecular formula is C14H10Br2F2. The molecule has 1 unspecified atom stereocenters. The lowest BCUT2D eigenvalue weighted by molar-refractivity contribution is 0.611. The van der Waals surface area contributed by atoms with Gasteiger partial charge in [-0.1, -0.05) is 34.1 Å². The van der Waals surface area contributed by atoms with Crippen molar-refractivity contribution in [2.24, 2.45) is 0 Å². The van der Waals surface area contributed by atoms with Gasteiger partial charge in [-0.3, -0.25) is 0 Å². The van der Waals surface area contributed by atoms with Crippen LogP contribution in [0.4, 0.5) is 8.78 Å². The highest BCUT2D eigenvalue weighted by Crippen LogP contribution is 2.34. The molecule has 0 saturated carbocycles. The lowest BCUT2D eigenvalue weighted by atomic mass is 10.0. The molecule has 0 aliphatic rings. The van der Waals surface area contributed by atoms with E-state index >= 15 is 0 Å². The highest BCUT2D eigenvalue weighted by Gasteiger charge is 2.15. The molecule has 2 rings (SSSR count). The van der Waals surface area contributed by atoms with Crippen molar-refractivity contribution < 1.29 is 8.78 Å². The second-order valence-corrected chi connectivity index (χ2v) is 5.83.